The van der Waals surface area contributed by atoms with E-state index in [1.54, 1.807) is 0 Å². The van der Waals surface area contributed by atoms with Gasteiger partial charge in [-0.25, -0.2) is 0 Å². The molecular weight excluding hydrogens is 394 g/mol. The van der Waals surface area contributed by atoms with Gasteiger partial charge in [0, 0.05) is 18.2 Å². The van der Waals surface area contributed by atoms with Crippen LogP contribution in [0.3, 0.4) is 0 Å². The molecule has 0 saturated heterocycles. The first-order chi connectivity index (χ1) is 15.5. The first-order valence-electron chi connectivity index (χ1n) is 11.2. The van der Waals surface area contributed by atoms with Crippen LogP contribution >= 0.6 is 0 Å². The van der Waals surface area contributed by atoms with Crippen LogP contribution in [-0.4, -0.2) is 0 Å². The normalized spacial score (nSPS) is 18.8. The summed E-state index contributed by atoms with van der Waals surface area (Å²) in [6, 6.07) is 24.3. The van der Waals surface area contributed by atoms with Crippen molar-refractivity contribution >= 4 is 33.1 Å². The fourth-order valence-corrected chi connectivity index (χ4v) is 6.00. The molecule has 5 aromatic rings. The highest BCUT2D eigenvalue weighted by Gasteiger charge is 2.71. The van der Waals surface area contributed by atoms with E-state index in [1.807, 2.05) is 0 Å². The lowest BCUT2D eigenvalue weighted by molar-refractivity contribution is -1.02. The Hall–Kier alpha value is -3.76. The summed E-state index contributed by atoms with van der Waals surface area (Å²) in [7, 11) is 0. The van der Waals surface area contributed by atoms with Crippen LogP contribution in [0.15, 0.2) is 79.1 Å². The Kier molecular flexibility index (Phi) is 2.64. The Labute approximate surface area is 185 Å². The van der Waals surface area contributed by atoms with Crippen molar-refractivity contribution in [3.05, 3.63) is 84.7 Å². The number of hydrogen-bond donors (Lipinski definition) is 0. The second kappa shape index (κ2) is 5.00. The molecule has 3 aliphatic heterocycles. The first kappa shape index (κ1) is 16.9. The van der Waals surface area contributed by atoms with Crippen LogP contribution in [0.2, 0.25) is 0 Å². The standard InChI is InChI=1S/C28H22N3O/c1-28(2,3)19-15-20-21-8-4-5-13-29(21)31-26(20)23(16-19)32-22-12-11-17-9-10-18-7-6-14-30(31)25(18)24(17)27(22)31/h4-16H,1-3H3/q+3. The monoisotopic (exact) mass is 416 g/mol. The van der Waals surface area contributed by atoms with Gasteiger partial charge in [0.05, 0.1) is 14.7 Å². The zero-order valence-electron chi connectivity index (χ0n) is 18.3. The van der Waals surface area contributed by atoms with E-state index in [2.05, 4.69) is 109 Å². The third-order valence-electron chi connectivity index (χ3n) is 7.38. The molecule has 0 aliphatic carbocycles. The lowest BCUT2D eigenvalue weighted by Gasteiger charge is -2.26. The molecular formula is C28H22N3O+3. The van der Waals surface area contributed by atoms with E-state index in [0.717, 1.165) is 11.5 Å². The van der Waals surface area contributed by atoms with E-state index < -0.39 is 0 Å². The Morgan fingerprint density at radius 3 is 2.44 bits per heavy atom. The summed E-state index contributed by atoms with van der Waals surface area (Å²) in [5.74, 6) is 1.88. The fourth-order valence-electron chi connectivity index (χ4n) is 6.00. The van der Waals surface area contributed by atoms with Crippen molar-refractivity contribution in [1.82, 2.24) is 4.70 Å². The van der Waals surface area contributed by atoms with Crippen molar-refractivity contribution in [2.24, 2.45) is 0 Å². The predicted molar refractivity (Wildman–Crippen MR) is 125 cm³/mol. The summed E-state index contributed by atoms with van der Waals surface area (Å²) in [6.07, 6.45) is 4.43. The Morgan fingerprint density at radius 2 is 1.56 bits per heavy atom. The third-order valence-corrected chi connectivity index (χ3v) is 7.38. The molecule has 1 atom stereocenters. The van der Waals surface area contributed by atoms with Gasteiger partial charge in [0.15, 0.2) is 4.70 Å². The average molecular weight is 417 g/mol. The summed E-state index contributed by atoms with van der Waals surface area (Å²) in [5, 5.41) is 3.77. The van der Waals surface area contributed by atoms with Gasteiger partial charge in [0.25, 0.3) is 11.2 Å². The van der Waals surface area contributed by atoms with E-state index >= 15 is 0 Å². The van der Waals surface area contributed by atoms with Gasteiger partial charge < -0.3 is 4.74 Å². The topological polar surface area (TPSA) is 17.0 Å². The predicted octanol–water partition coefficient (Wildman–Crippen LogP) is 5.83. The van der Waals surface area contributed by atoms with Crippen LogP contribution in [0.4, 0.5) is 11.4 Å². The van der Waals surface area contributed by atoms with Crippen molar-refractivity contribution in [2.45, 2.75) is 26.2 Å². The minimum atomic E-state index is 0.0211. The smallest absolute Gasteiger partial charge is 0.318 e. The molecule has 0 radical (unpaired) electrons. The van der Waals surface area contributed by atoms with Crippen LogP contribution in [-0.2, 0) is 5.41 Å². The van der Waals surface area contributed by atoms with Crippen LogP contribution < -0.4 is 18.8 Å². The highest BCUT2D eigenvalue weighted by Crippen LogP contribution is 2.60. The number of nitrogens with zero attached hydrogens (tertiary/aromatic N) is 3. The van der Waals surface area contributed by atoms with Gasteiger partial charge in [-0.05, 0) is 58.8 Å². The second-order valence-electron chi connectivity index (χ2n) is 10.1. The first-order valence-corrected chi connectivity index (χ1v) is 11.2. The number of quaternary nitrogens is 1. The molecule has 0 fully saturated rings. The van der Waals surface area contributed by atoms with E-state index in [1.165, 1.54) is 49.9 Å². The van der Waals surface area contributed by atoms with Gasteiger partial charge in [-0.15, -0.1) is 0 Å². The minimum Gasteiger partial charge on any atom is -0.444 e. The lowest BCUT2D eigenvalue weighted by Crippen LogP contribution is -2.81. The number of benzene rings is 3. The molecule has 3 aliphatic rings. The van der Waals surface area contributed by atoms with Gasteiger partial charge in [-0.3, -0.25) is 0 Å². The van der Waals surface area contributed by atoms with Gasteiger partial charge in [0.2, 0.25) is 23.9 Å². The van der Waals surface area contributed by atoms with Crippen molar-refractivity contribution < 1.29 is 14.1 Å². The number of rotatable bonds is 0. The SMILES string of the molecule is CC(C)(C)c1cc2c3c(c1)-c1cccc[n+]1[N+]31c3c(ccc4ccc5ccc[n+]1c5c34)O2. The Morgan fingerprint density at radius 1 is 0.750 bits per heavy atom. The zero-order chi connectivity index (χ0) is 21.4. The maximum atomic E-state index is 6.71. The van der Waals surface area contributed by atoms with E-state index in [0.29, 0.717) is 4.70 Å². The molecule has 32 heavy (non-hydrogen) atoms. The maximum Gasteiger partial charge on any atom is 0.318 e. The third kappa shape index (κ3) is 1.63. The van der Waals surface area contributed by atoms with Crippen molar-refractivity contribution in [3.63, 3.8) is 0 Å². The molecule has 0 saturated carbocycles. The summed E-state index contributed by atoms with van der Waals surface area (Å²) < 4.78 is 12.0. The Balaban J connectivity index is 1.67. The number of fused-ring (bicyclic) bond motifs is 2. The van der Waals surface area contributed by atoms with Crippen molar-refractivity contribution in [2.75, 3.05) is 0 Å². The molecule has 0 bridgehead atoms. The number of pyridine rings is 2. The molecule has 2 aromatic heterocycles. The highest BCUT2D eigenvalue weighted by atomic mass is 16.5. The van der Waals surface area contributed by atoms with Crippen LogP contribution in [0.5, 0.6) is 11.5 Å². The van der Waals surface area contributed by atoms with Crippen LogP contribution in [0.1, 0.15) is 26.3 Å². The second-order valence-corrected chi connectivity index (χ2v) is 10.1. The van der Waals surface area contributed by atoms with Gasteiger partial charge in [0.1, 0.15) is 10.9 Å². The lowest BCUT2D eigenvalue weighted by atomic mass is 9.85. The number of ether oxygens (including phenoxy) is 1. The molecule has 1 unspecified atom stereocenters. The van der Waals surface area contributed by atoms with E-state index in [-0.39, 0.29) is 5.41 Å². The fraction of sp³-hybridized carbons (Fsp3) is 0.143. The summed E-state index contributed by atoms with van der Waals surface area (Å²) in [6.45, 7) is 6.80. The van der Waals surface area contributed by atoms with Crippen LogP contribution in [0.25, 0.3) is 32.9 Å². The van der Waals surface area contributed by atoms with Gasteiger partial charge in [-0.2, -0.15) is 0 Å². The minimum absolute atomic E-state index is 0.0211. The highest BCUT2D eigenvalue weighted by molar-refractivity contribution is 6.14. The van der Waals surface area contributed by atoms with Crippen LogP contribution in [0, 0.1) is 0 Å². The van der Waals surface area contributed by atoms with Crippen molar-refractivity contribution in [1.29, 1.82) is 0 Å². The molecule has 4 heteroatoms. The quantitative estimate of drug-likeness (QED) is 0.173. The summed E-state index contributed by atoms with van der Waals surface area (Å²) in [5.41, 5.74) is 7.41. The largest absolute Gasteiger partial charge is 0.444 e. The van der Waals surface area contributed by atoms with E-state index in [4.69, 9.17) is 4.74 Å². The van der Waals surface area contributed by atoms with Crippen molar-refractivity contribution in [3.8, 4) is 22.8 Å². The number of aromatic nitrogens is 2. The van der Waals surface area contributed by atoms with E-state index in [9.17, 15) is 0 Å². The zero-order valence-corrected chi connectivity index (χ0v) is 18.3. The number of hydrogen-bond acceptors (Lipinski definition) is 1. The molecule has 4 nitrogen and oxygen atoms in total. The Bertz CT molecular complexity index is 1700. The average Bonchev–Trinajstić information content (AvgIpc) is 3.28. The maximum absolute atomic E-state index is 6.71. The van der Waals surface area contributed by atoms with Gasteiger partial charge in [-0.1, -0.05) is 26.8 Å². The molecule has 1 spiro atoms. The molecule has 5 heterocycles. The molecule has 0 amide bonds. The molecule has 152 valence electrons. The summed E-state index contributed by atoms with van der Waals surface area (Å²) >= 11 is 0. The molecule has 8 rings (SSSR count). The molecule has 0 N–H and O–H groups in total. The summed E-state index contributed by atoms with van der Waals surface area (Å²) in [4.78, 5) is 0. The molecule has 3 aromatic carbocycles. The van der Waals surface area contributed by atoms with Gasteiger partial charge >= 0.3 is 11.4 Å².